The highest BCUT2D eigenvalue weighted by atomic mass is 35.5. The summed E-state index contributed by atoms with van der Waals surface area (Å²) in [6.45, 7) is 1.90. The molecule has 1 aliphatic rings. The van der Waals surface area contributed by atoms with E-state index in [9.17, 15) is 8.42 Å². The lowest BCUT2D eigenvalue weighted by Gasteiger charge is -2.19. The summed E-state index contributed by atoms with van der Waals surface area (Å²) in [5.74, 6) is 0.233. The summed E-state index contributed by atoms with van der Waals surface area (Å²) in [5.41, 5.74) is 0.783. The molecule has 0 radical (unpaired) electrons. The standard InChI is InChI=1S/C12H18ClNO3S2/c1-8-7-11(18-12(8)13)19(16,17)14-10-4-2-3-9(10)5-6-15/h7,9-10,14-15H,2-6H2,1H3. The molecule has 0 aliphatic heterocycles. The van der Waals surface area contributed by atoms with Gasteiger partial charge in [-0.3, -0.25) is 0 Å². The first-order chi connectivity index (χ1) is 8.94. The minimum Gasteiger partial charge on any atom is -0.396 e. The van der Waals surface area contributed by atoms with Crippen LogP contribution >= 0.6 is 22.9 Å². The summed E-state index contributed by atoms with van der Waals surface area (Å²) in [7, 11) is -3.49. The van der Waals surface area contributed by atoms with Gasteiger partial charge in [0.25, 0.3) is 0 Å². The van der Waals surface area contributed by atoms with Crippen LogP contribution in [0, 0.1) is 12.8 Å². The molecule has 0 spiro atoms. The third-order valence-corrected chi connectivity index (χ3v) is 7.08. The number of sulfonamides is 1. The van der Waals surface area contributed by atoms with Crippen LogP contribution in [0.15, 0.2) is 10.3 Å². The number of aliphatic hydroxyl groups excluding tert-OH is 1. The average Bonchev–Trinajstić information content (AvgIpc) is 2.88. The predicted molar refractivity (Wildman–Crippen MR) is 77.2 cm³/mol. The van der Waals surface area contributed by atoms with Crippen LogP contribution in [0.4, 0.5) is 0 Å². The van der Waals surface area contributed by atoms with Crippen molar-refractivity contribution in [2.24, 2.45) is 5.92 Å². The lowest BCUT2D eigenvalue weighted by atomic mass is 10.0. The second-order valence-electron chi connectivity index (χ2n) is 4.95. The Morgan fingerprint density at radius 2 is 2.26 bits per heavy atom. The highest BCUT2D eigenvalue weighted by Crippen LogP contribution is 2.33. The number of halogens is 1. The lowest BCUT2D eigenvalue weighted by molar-refractivity contribution is 0.248. The molecule has 108 valence electrons. The molecule has 7 heteroatoms. The molecule has 19 heavy (non-hydrogen) atoms. The molecular weight excluding hydrogens is 306 g/mol. The largest absolute Gasteiger partial charge is 0.396 e. The number of thiophene rings is 1. The first-order valence-corrected chi connectivity index (χ1v) is 9.01. The molecule has 1 saturated carbocycles. The SMILES string of the molecule is Cc1cc(S(=O)(=O)NC2CCCC2CCO)sc1Cl. The molecule has 1 aromatic heterocycles. The molecule has 0 bridgehead atoms. The van der Waals surface area contributed by atoms with Crippen molar-refractivity contribution >= 4 is 33.0 Å². The summed E-state index contributed by atoms with van der Waals surface area (Å²) in [5, 5.41) is 9.01. The molecular formula is C12H18ClNO3S2. The normalized spacial score (nSPS) is 23.9. The van der Waals surface area contributed by atoms with E-state index in [0.29, 0.717) is 10.8 Å². The van der Waals surface area contributed by atoms with Crippen molar-refractivity contribution in [3.05, 3.63) is 16.0 Å². The summed E-state index contributed by atoms with van der Waals surface area (Å²) in [6.07, 6.45) is 3.46. The van der Waals surface area contributed by atoms with Crippen molar-refractivity contribution in [2.45, 2.75) is 42.9 Å². The summed E-state index contributed by atoms with van der Waals surface area (Å²) in [6, 6.07) is 1.53. The van der Waals surface area contributed by atoms with Gasteiger partial charge in [0.05, 0.1) is 4.34 Å². The topological polar surface area (TPSA) is 66.4 Å². The summed E-state index contributed by atoms with van der Waals surface area (Å²) >= 11 is 7.01. The molecule has 1 heterocycles. The van der Waals surface area contributed by atoms with Gasteiger partial charge in [-0.15, -0.1) is 11.3 Å². The van der Waals surface area contributed by atoms with E-state index >= 15 is 0 Å². The van der Waals surface area contributed by atoms with Gasteiger partial charge in [-0.1, -0.05) is 18.0 Å². The van der Waals surface area contributed by atoms with Crippen LogP contribution in [0.1, 0.15) is 31.2 Å². The maximum atomic E-state index is 12.3. The number of rotatable bonds is 5. The Balaban J connectivity index is 2.13. The first kappa shape index (κ1) is 15.3. The molecule has 1 fully saturated rings. The zero-order valence-corrected chi connectivity index (χ0v) is 13.1. The van der Waals surface area contributed by atoms with E-state index in [-0.39, 0.29) is 22.8 Å². The third-order valence-electron chi connectivity index (χ3n) is 3.56. The van der Waals surface area contributed by atoms with Crippen molar-refractivity contribution < 1.29 is 13.5 Å². The number of aliphatic hydroxyl groups is 1. The van der Waals surface area contributed by atoms with Crippen molar-refractivity contribution in [1.82, 2.24) is 4.72 Å². The van der Waals surface area contributed by atoms with Crippen molar-refractivity contribution in [1.29, 1.82) is 0 Å². The smallest absolute Gasteiger partial charge is 0.250 e. The van der Waals surface area contributed by atoms with E-state index in [4.69, 9.17) is 16.7 Å². The highest BCUT2D eigenvalue weighted by molar-refractivity contribution is 7.91. The number of hydrogen-bond acceptors (Lipinski definition) is 4. The molecule has 1 aromatic rings. The lowest BCUT2D eigenvalue weighted by Crippen LogP contribution is -2.37. The molecule has 0 saturated heterocycles. The molecule has 2 unspecified atom stereocenters. The van der Waals surface area contributed by atoms with E-state index < -0.39 is 10.0 Å². The molecule has 2 N–H and O–H groups in total. The first-order valence-electron chi connectivity index (χ1n) is 6.33. The van der Waals surface area contributed by atoms with Crippen LogP contribution in [0.2, 0.25) is 4.34 Å². The molecule has 2 rings (SSSR count). The fraction of sp³-hybridized carbons (Fsp3) is 0.667. The van der Waals surface area contributed by atoms with Crippen LogP contribution in [-0.4, -0.2) is 26.2 Å². The van der Waals surface area contributed by atoms with E-state index in [1.54, 1.807) is 13.0 Å². The van der Waals surface area contributed by atoms with Crippen LogP contribution in [0.25, 0.3) is 0 Å². The predicted octanol–water partition coefficient (Wildman–Crippen LogP) is 2.54. The van der Waals surface area contributed by atoms with Gasteiger partial charge in [-0.25, -0.2) is 13.1 Å². The van der Waals surface area contributed by atoms with Crippen LogP contribution in [-0.2, 0) is 10.0 Å². The molecule has 2 atom stereocenters. The fourth-order valence-corrected chi connectivity index (χ4v) is 5.59. The zero-order chi connectivity index (χ0) is 14.0. The average molecular weight is 324 g/mol. The van der Waals surface area contributed by atoms with Gasteiger partial charge in [-0.05, 0) is 43.7 Å². The maximum absolute atomic E-state index is 12.3. The molecule has 0 amide bonds. The molecule has 1 aliphatic carbocycles. The highest BCUT2D eigenvalue weighted by Gasteiger charge is 2.31. The molecule has 4 nitrogen and oxygen atoms in total. The summed E-state index contributed by atoms with van der Waals surface area (Å²) in [4.78, 5) is 0. The van der Waals surface area contributed by atoms with E-state index in [1.807, 2.05) is 0 Å². The van der Waals surface area contributed by atoms with Gasteiger partial charge in [0, 0.05) is 12.6 Å². The Hall–Kier alpha value is -0.140. The van der Waals surface area contributed by atoms with Crippen molar-refractivity contribution in [3.63, 3.8) is 0 Å². The number of aryl methyl sites for hydroxylation is 1. The van der Waals surface area contributed by atoms with Gasteiger partial charge in [0.1, 0.15) is 4.21 Å². The minimum absolute atomic E-state index is 0.0710. The van der Waals surface area contributed by atoms with Crippen LogP contribution in [0.3, 0.4) is 0 Å². The third kappa shape index (κ3) is 3.49. The van der Waals surface area contributed by atoms with Gasteiger partial charge < -0.3 is 5.11 Å². The molecule has 0 aromatic carbocycles. The second kappa shape index (κ2) is 6.10. The van der Waals surface area contributed by atoms with E-state index in [2.05, 4.69) is 4.72 Å². The van der Waals surface area contributed by atoms with E-state index in [1.165, 1.54) is 0 Å². The van der Waals surface area contributed by atoms with Crippen LogP contribution in [0.5, 0.6) is 0 Å². The monoisotopic (exact) mass is 323 g/mol. The Labute approximate surface area is 122 Å². The van der Waals surface area contributed by atoms with Gasteiger partial charge in [0.15, 0.2) is 0 Å². The number of nitrogens with one attached hydrogen (secondary N) is 1. The van der Waals surface area contributed by atoms with Crippen molar-refractivity contribution in [2.75, 3.05) is 6.61 Å². The minimum atomic E-state index is -3.49. The summed E-state index contributed by atoms with van der Waals surface area (Å²) < 4.78 is 28.1. The Bertz CT molecular complexity index is 522. The Kier molecular flexibility index (Phi) is 4.89. The van der Waals surface area contributed by atoms with Gasteiger partial charge in [0.2, 0.25) is 10.0 Å². The Morgan fingerprint density at radius 1 is 1.53 bits per heavy atom. The van der Waals surface area contributed by atoms with Gasteiger partial charge in [-0.2, -0.15) is 0 Å². The second-order valence-corrected chi connectivity index (χ2v) is 8.55. The van der Waals surface area contributed by atoms with Gasteiger partial charge >= 0.3 is 0 Å². The maximum Gasteiger partial charge on any atom is 0.250 e. The zero-order valence-electron chi connectivity index (χ0n) is 10.7. The fourth-order valence-electron chi connectivity index (χ4n) is 2.52. The number of hydrogen-bond donors (Lipinski definition) is 2. The quantitative estimate of drug-likeness (QED) is 0.875. The van der Waals surface area contributed by atoms with Crippen molar-refractivity contribution in [3.8, 4) is 0 Å². The van der Waals surface area contributed by atoms with Crippen LogP contribution < -0.4 is 4.72 Å². The Morgan fingerprint density at radius 3 is 2.84 bits per heavy atom. The van der Waals surface area contributed by atoms with E-state index in [0.717, 1.165) is 36.2 Å².